The third-order valence-corrected chi connectivity index (χ3v) is 6.39. The van der Waals surface area contributed by atoms with Gasteiger partial charge in [-0.25, -0.2) is 0 Å². The highest BCUT2D eigenvalue weighted by atomic mass is 35.5. The van der Waals surface area contributed by atoms with Crippen molar-refractivity contribution in [1.82, 2.24) is 0 Å². The van der Waals surface area contributed by atoms with Gasteiger partial charge in [0.25, 0.3) is 11.7 Å². The first-order valence-electron chi connectivity index (χ1n) is 10.2. The molecule has 33 heavy (non-hydrogen) atoms. The molecule has 1 atom stereocenters. The summed E-state index contributed by atoms with van der Waals surface area (Å²) in [5.74, 6) is -1.14. The van der Waals surface area contributed by atoms with Crippen molar-refractivity contribution >= 4 is 46.3 Å². The Morgan fingerprint density at radius 3 is 2.36 bits per heavy atom. The maximum atomic E-state index is 13.2. The Morgan fingerprint density at radius 2 is 1.73 bits per heavy atom. The number of ketones is 1. The molecule has 3 aromatic rings. The molecule has 1 amide bonds. The Hall–Kier alpha value is -3.28. The van der Waals surface area contributed by atoms with Crippen LogP contribution < -0.4 is 9.64 Å². The number of ether oxygens (including phenoxy) is 1. The molecule has 5 nitrogen and oxygen atoms in total. The lowest BCUT2D eigenvalue weighted by molar-refractivity contribution is -0.132. The summed E-state index contributed by atoms with van der Waals surface area (Å²) in [5.41, 5.74) is 3.24. The van der Waals surface area contributed by atoms with Gasteiger partial charge >= 0.3 is 0 Å². The van der Waals surface area contributed by atoms with Gasteiger partial charge in [-0.3, -0.25) is 14.5 Å². The topological polar surface area (TPSA) is 66.8 Å². The number of anilines is 1. The maximum absolute atomic E-state index is 13.2. The average molecular weight is 482 g/mol. The molecule has 1 saturated heterocycles. The van der Waals surface area contributed by atoms with Crippen LogP contribution in [0.2, 0.25) is 10.0 Å². The molecule has 1 unspecified atom stereocenters. The molecule has 0 radical (unpaired) electrons. The fourth-order valence-corrected chi connectivity index (χ4v) is 4.36. The van der Waals surface area contributed by atoms with Gasteiger partial charge in [-0.05, 0) is 61.4 Å². The highest BCUT2D eigenvalue weighted by Gasteiger charge is 2.47. The van der Waals surface area contributed by atoms with Gasteiger partial charge in [0.05, 0.1) is 28.8 Å². The third-order valence-electron chi connectivity index (χ3n) is 5.65. The molecule has 3 aromatic carbocycles. The van der Waals surface area contributed by atoms with Gasteiger partial charge in [0.2, 0.25) is 0 Å². The second-order valence-corrected chi connectivity index (χ2v) is 8.68. The largest absolute Gasteiger partial charge is 0.507 e. The van der Waals surface area contributed by atoms with Crippen molar-refractivity contribution in [3.63, 3.8) is 0 Å². The zero-order valence-corrected chi connectivity index (χ0v) is 19.7. The van der Waals surface area contributed by atoms with Crippen LogP contribution in [0, 0.1) is 13.8 Å². The van der Waals surface area contributed by atoms with Crippen molar-refractivity contribution in [2.75, 3.05) is 12.0 Å². The van der Waals surface area contributed by atoms with Crippen LogP contribution in [-0.2, 0) is 9.59 Å². The van der Waals surface area contributed by atoms with Crippen LogP contribution >= 0.6 is 23.2 Å². The number of rotatable bonds is 4. The smallest absolute Gasteiger partial charge is 0.300 e. The number of aryl methyl sites for hydroxylation is 2. The van der Waals surface area contributed by atoms with E-state index in [1.54, 1.807) is 37.4 Å². The molecule has 168 valence electrons. The zero-order valence-electron chi connectivity index (χ0n) is 18.2. The van der Waals surface area contributed by atoms with Crippen LogP contribution in [0.3, 0.4) is 0 Å². The van der Waals surface area contributed by atoms with E-state index in [2.05, 4.69) is 0 Å². The van der Waals surface area contributed by atoms with E-state index in [-0.39, 0.29) is 16.4 Å². The Balaban J connectivity index is 1.96. The number of amides is 1. The number of nitrogens with zero attached hydrogens (tertiary/aromatic N) is 1. The molecule has 0 bridgehead atoms. The summed E-state index contributed by atoms with van der Waals surface area (Å²) in [7, 11) is 1.56. The van der Waals surface area contributed by atoms with E-state index >= 15 is 0 Å². The van der Waals surface area contributed by atoms with E-state index < -0.39 is 17.7 Å². The predicted molar refractivity (Wildman–Crippen MR) is 130 cm³/mol. The minimum Gasteiger partial charge on any atom is -0.507 e. The Kier molecular flexibility index (Phi) is 6.19. The third kappa shape index (κ3) is 4.10. The van der Waals surface area contributed by atoms with Gasteiger partial charge in [0.15, 0.2) is 0 Å². The maximum Gasteiger partial charge on any atom is 0.300 e. The summed E-state index contributed by atoms with van der Waals surface area (Å²) >= 11 is 12.3. The Bertz CT molecular complexity index is 1320. The molecule has 7 heteroatoms. The van der Waals surface area contributed by atoms with Gasteiger partial charge in [-0.15, -0.1) is 0 Å². The number of aliphatic hydroxyl groups is 1. The van der Waals surface area contributed by atoms with E-state index in [1.807, 2.05) is 38.1 Å². The first-order chi connectivity index (χ1) is 15.7. The lowest BCUT2D eigenvalue weighted by Crippen LogP contribution is -2.29. The molecule has 0 aliphatic carbocycles. The van der Waals surface area contributed by atoms with Gasteiger partial charge < -0.3 is 9.84 Å². The number of Topliss-reactive ketones (excluding diaryl/α,β-unsaturated/α-hetero) is 1. The number of aliphatic hydroxyl groups excluding tert-OH is 1. The normalized spacial score (nSPS) is 17.5. The van der Waals surface area contributed by atoms with Gasteiger partial charge in [-0.1, -0.05) is 53.0 Å². The summed E-state index contributed by atoms with van der Waals surface area (Å²) in [5, 5.41) is 11.8. The van der Waals surface area contributed by atoms with Crippen molar-refractivity contribution in [3.8, 4) is 5.75 Å². The molecule has 1 aliphatic heterocycles. The fourth-order valence-electron chi connectivity index (χ4n) is 4.07. The summed E-state index contributed by atoms with van der Waals surface area (Å²) in [4.78, 5) is 27.8. The van der Waals surface area contributed by atoms with Crippen molar-refractivity contribution in [1.29, 1.82) is 0 Å². The number of benzene rings is 3. The van der Waals surface area contributed by atoms with Crippen LogP contribution in [-0.4, -0.2) is 23.9 Å². The molecular weight excluding hydrogens is 461 g/mol. The average Bonchev–Trinajstić information content (AvgIpc) is 3.06. The lowest BCUT2D eigenvalue weighted by atomic mass is 9.94. The number of methoxy groups -OCH3 is 1. The van der Waals surface area contributed by atoms with Crippen LogP contribution in [0.5, 0.6) is 5.75 Å². The van der Waals surface area contributed by atoms with Crippen LogP contribution in [0.4, 0.5) is 5.69 Å². The quantitative estimate of drug-likeness (QED) is 0.271. The van der Waals surface area contributed by atoms with Crippen molar-refractivity contribution < 1.29 is 19.4 Å². The Morgan fingerprint density at radius 1 is 0.970 bits per heavy atom. The highest BCUT2D eigenvalue weighted by molar-refractivity contribution is 6.52. The summed E-state index contributed by atoms with van der Waals surface area (Å²) in [6, 6.07) is 16.4. The molecule has 1 N–H and O–H groups in total. The fraction of sp³-hybridized carbons (Fsp3) is 0.154. The van der Waals surface area contributed by atoms with Crippen molar-refractivity contribution in [3.05, 3.63) is 98.5 Å². The Labute approximate surface area is 201 Å². The van der Waals surface area contributed by atoms with E-state index in [1.165, 1.54) is 11.0 Å². The number of carbonyl (C=O) groups is 2. The molecule has 1 aliphatic rings. The molecule has 0 spiro atoms. The first kappa shape index (κ1) is 22.9. The number of carbonyl (C=O) groups excluding carboxylic acids is 2. The number of hydrogen-bond acceptors (Lipinski definition) is 4. The van der Waals surface area contributed by atoms with Crippen LogP contribution in [0.25, 0.3) is 5.76 Å². The van der Waals surface area contributed by atoms with E-state index in [4.69, 9.17) is 27.9 Å². The van der Waals surface area contributed by atoms with E-state index in [0.717, 1.165) is 11.1 Å². The minimum atomic E-state index is -0.843. The zero-order chi connectivity index (χ0) is 23.9. The molecule has 1 heterocycles. The van der Waals surface area contributed by atoms with Crippen molar-refractivity contribution in [2.24, 2.45) is 0 Å². The predicted octanol–water partition coefficient (Wildman–Crippen LogP) is 6.25. The SMILES string of the molecule is COc1ccc(/C(O)=C2\C(=O)C(=O)N(c3ccc(Cl)c(Cl)c3)C2c2cccc(C)c2)cc1C. The van der Waals surface area contributed by atoms with Gasteiger partial charge in [0, 0.05) is 11.3 Å². The molecular formula is C26H21Cl2NO4. The van der Waals surface area contributed by atoms with Crippen LogP contribution in [0.15, 0.2) is 66.2 Å². The molecule has 1 fully saturated rings. The summed E-state index contributed by atoms with van der Waals surface area (Å²) in [6.45, 7) is 3.75. The minimum absolute atomic E-state index is 0.00115. The van der Waals surface area contributed by atoms with Crippen LogP contribution in [0.1, 0.15) is 28.3 Å². The summed E-state index contributed by atoms with van der Waals surface area (Å²) < 4.78 is 5.29. The van der Waals surface area contributed by atoms with E-state index in [9.17, 15) is 14.7 Å². The molecule has 0 aromatic heterocycles. The monoisotopic (exact) mass is 481 g/mol. The lowest BCUT2D eigenvalue weighted by Gasteiger charge is -2.26. The standard InChI is InChI=1S/C26H21Cl2NO4/c1-14-5-4-6-16(11-14)23-22(24(30)17-7-10-21(33-3)15(2)12-17)25(31)26(32)29(23)18-8-9-19(27)20(28)13-18/h4-13,23,30H,1-3H3/b24-22+. The second-order valence-electron chi connectivity index (χ2n) is 7.87. The summed E-state index contributed by atoms with van der Waals surface area (Å²) in [6.07, 6.45) is 0. The van der Waals surface area contributed by atoms with Crippen molar-refractivity contribution in [2.45, 2.75) is 19.9 Å². The van der Waals surface area contributed by atoms with Gasteiger partial charge in [-0.2, -0.15) is 0 Å². The second kappa shape index (κ2) is 8.93. The van der Waals surface area contributed by atoms with Gasteiger partial charge in [0.1, 0.15) is 11.5 Å². The van der Waals surface area contributed by atoms with E-state index in [0.29, 0.717) is 27.6 Å². The number of hydrogen-bond donors (Lipinski definition) is 1. The number of halogens is 2. The highest BCUT2D eigenvalue weighted by Crippen LogP contribution is 2.43. The molecule has 0 saturated carbocycles. The molecule has 4 rings (SSSR count). The first-order valence-corrected chi connectivity index (χ1v) is 11.0.